The highest BCUT2D eigenvalue weighted by Gasteiger charge is 2.40. The van der Waals surface area contributed by atoms with Crippen LogP contribution in [0.25, 0.3) is 0 Å². The Hall–Kier alpha value is -0.610. The molecule has 0 spiro atoms. The number of amides is 1. The minimum absolute atomic E-state index is 0.0508. The van der Waals surface area contributed by atoms with Crippen LogP contribution < -0.4 is 11.1 Å². The number of hydrogen-bond donors (Lipinski definition) is 2. The zero-order chi connectivity index (χ0) is 14.5. The first-order chi connectivity index (χ1) is 8.75. The lowest BCUT2D eigenvalue weighted by Gasteiger charge is -2.37. The van der Waals surface area contributed by atoms with Gasteiger partial charge in [0.2, 0.25) is 5.91 Å². The normalized spacial score (nSPS) is 19.0. The van der Waals surface area contributed by atoms with E-state index in [0.29, 0.717) is 0 Å². The maximum absolute atomic E-state index is 12.2. The second kappa shape index (κ2) is 6.71. The monoisotopic (exact) mass is 269 g/mol. The Labute approximate surface area is 118 Å². The highest BCUT2D eigenvalue weighted by Crippen LogP contribution is 2.28. The number of likely N-dealkylation sites (tertiary alicyclic amines) is 1. The fraction of sp³-hybridized carbons (Fsp3) is 0.933. The summed E-state index contributed by atoms with van der Waals surface area (Å²) < 4.78 is 0. The van der Waals surface area contributed by atoms with E-state index in [1.807, 2.05) is 27.7 Å². The van der Waals surface area contributed by atoms with E-state index in [9.17, 15) is 4.79 Å². The van der Waals surface area contributed by atoms with Crippen molar-refractivity contribution in [3.8, 4) is 0 Å². The third kappa shape index (κ3) is 4.77. The highest BCUT2D eigenvalue weighted by atomic mass is 16.2. The zero-order valence-electron chi connectivity index (χ0n) is 13.1. The van der Waals surface area contributed by atoms with Crippen molar-refractivity contribution in [2.45, 2.75) is 58.9 Å². The Kier molecular flexibility index (Phi) is 5.81. The van der Waals surface area contributed by atoms with Gasteiger partial charge in [0.15, 0.2) is 0 Å². The number of hydrogen-bond acceptors (Lipinski definition) is 3. The van der Waals surface area contributed by atoms with Crippen LogP contribution in [0.15, 0.2) is 0 Å². The molecule has 1 aliphatic heterocycles. The molecule has 19 heavy (non-hydrogen) atoms. The van der Waals surface area contributed by atoms with Crippen LogP contribution in [-0.2, 0) is 4.79 Å². The van der Waals surface area contributed by atoms with Crippen LogP contribution in [0, 0.1) is 5.41 Å². The first kappa shape index (κ1) is 16.4. The Balaban J connectivity index is 2.34. The SMILES string of the molecule is CC(C)(N)C(C)(C)C(=O)NCCN1CCCCCC1. The summed E-state index contributed by atoms with van der Waals surface area (Å²) in [4.78, 5) is 14.7. The average molecular weight is 269 g/mol. The highest BCUT2D eigenvalue weighted by molar-refractivity contribution is 5.83. The van der Waals surface area contributed by atoms with Crippen molar-refractivity contribution in [2.75, 3.05) is 26.2 Å². The van der Waals surface area contributed by atoms with Crippen LogP contribution in [0.3, 0.4) is 0 Å². The Morgan fingerprint density at radius 1 is 1.11 bits per heavy atom. The van der Waals surface area contributed by atoms with Gasteiger partial charge in [-0.25, -0.2) is 0 Å². The molecule has 3 N–H and O–H groups in total. The number of nitrogens with one attached hydrogen (secondary N) is 1. The fourth-order valence-corrected chi connectivity index (χ4v) is 2.20. The van der Waals surface area contributed by atoms with Crippen molar-refractivity contribution < 1.29 is 4.79 Å². The molecule has 0 bridgehead atoms. The van der Waals surface area contributed by atoms with Gasteiger partial charge < -0.3 is 16.0 Å². The predicted molar refractivity (Wildman–Crippen MR) is 80.0 cm³/mol. The smallest absolute Gasteiger partial charge is 0.227 e. The molecule has 0 atom stereocenters. The number of nitrogens with zero attached hydrogens (tertiary/aromatic N) is 1. The fourth-order valence-electron chi connectivity index (χ4n) is 2.20. The van der Waals surface area contributed by atoms with Gasteiger partial charge in [-0.15, -0.1) is 0 Å². The molecule has 0 unspecified atom stereocenters. The quantitative estimate of drug-likeness (QED) is 0.799. The summed E-state index contributed by atoms with van der Waals surface area (Å²) in [5.41, 5.74) is 5.01. The molecular weight excluding hydrogens is 238 g/mol. The number of rotatable bonds is 5. The predicted octanol–water partition coefficient (Wildman–Crippen LogP) is 1.74. The summed E-state index contributed by atoms with van der Waals surface area (Å²) in [5.74, 6) is 0.0508. The molecule has 1 fully saturated rings. The van der Waals surface area contributed by atoms with Gasteiger partial charge in [-0.3, -0.25) is 4.79 Å². The lowest BCUT2D eigenvalue weighted by atomic mass is 9.74. The van der Waals surface area contributed by atoms with Crippen molar-refractivity contribution in [1.82, 2.24) is 10.2 Å². The summed E-state index contributed by atoms with van der Waals surface area (Å²) in [6, 6.07) is 0. The van der Waals surface area contributed by atoms with Crippen molar-refractivity contribution in [3.63, 3.8) is 0 Å². The Morgan fingerprint density at radius 2 is 1.63 bits per heavy atom. The van der Waals surface area contributed by atoms with Crippen molar-refractivity contribution in [3.05, 3.63) is 0 Å². The zero-order valence-corrected chi connectivity index (χ0v) is 13.1. The second-order valence-electron chi connectivity index (χ2n) is 6.86. The van der Waals surface area contributed by atoms with E-state index < -0.39 is 11.0 Å². The van der Waals surface area contributed by atoms with Gasteiger partial charge in [0.1, 0.15) is 0 Å². The van der Waals surface area contributed by atoms with E-state index in [0.717, 1.165) is 13.1 Å². The number of carbonyl (C=O) groups excluding carboxylic acids is 1. The summed E-state index contributed by atoms with van der Waals surface area (Å²) >= 11 is 0. The first-order valence-corrected chi connectivity index (χ1v) is 7.55. The Morgan fingerprint density at radius 3 is 2.11 bits per heavy atom. The largest absolute Gasteiger partial charge is 0.354 e. The van der Waals surface area contributed by atoms with Gasteiger partial charge in [0.25, 0.3) is 0 Å². The first-order valence-electron chi connectivity index (χ1n) is 7.55. The third-order valence-electron chi connectivity index (χ3n) is 4.59. The van der Waals surface area contributed by atoms with Gasteiger partial charge in [-0.05, 0) is 53.6 Å². The van der Waals surface area contributed by atoms with Crippen LogP contribution in [0.5, 0.6) is 0 Å². The lowest BCUT2D eigenvalue weighted by molar-refractivity contribution is -0.132. The topological polar surface area (TPSA) is 58.4 Å². The molecule has 0 aromatic rings. The molecule has 1 rings (SSSR count). The third-order valence-corrected chi connectivity index (χ3v) is 4.59. The van der Waals surface area contributed by atoms with Crippen LogP contribution >= 0.6 is 0 Å². The molecular formula is C15H31N3O. The summed E-state index contributed by atoms with van der Waals surface area (Å²) in [6.07, 6.45) is 5.26. The van der Waals surface area contributed by atoms with E-state index in [2.05, 4.69) is 10.2 Å². The van der Waals surface area contributed by atoms with Crippen LogP contribution in [-0.4, -0.2) is 42.5 Å². The molecule has 112 valence electrons. The summed E-state index contributed by atoms with van der Waals surface area (Å²) in [5, 5.41) is 3.04. The van der Waals surface area contributed by atoms with E-state index in [4.69, 9.17) is 5.73 Å². The molecule has 0 radical (unpaired) electrons. The van der Waals surface area contributed by atoms with Gasteiger partial charge in [-0.1, -0.05) is 12.8 Å². The molecule has 0 aromatic heterocycles. The maximum atomic E-state index is 12.2. The molecule has 4 heteroatoms. The molecule has 0 saturated carbocycles. The number of carbonyl (C=O) groups is 1. The Bertz CT molecular complexity index is 286. The van der Waals surface area contributed by atoms with Crippen LogP contribution in [0.2, 0.25) is 0 Å². The maximum Gasteiger partial charge on any atom is 0.227 e. The van der Waals surface area contributed by atoms with Crippen LogP contribution in [0.4, 0.5) is 0 Å². The van der Waals surface area contributed by atoms with Crippen LogP contribution in [0.1, 0.15) is 53.4 Å². The van der Waals surface area contributed by atoms with E-state index >= 15 is 0 Å². The molecule has 0 aliphatic carbocycles. The molecule has 0 aromatic carbocycles. The number of nitrogens with two attached hydrogens (primary N) is 1. The summed E-state index contributed by atoms with van der Waals surface area (Å²) in [6.45, 7) is 11.6. The minimum atomic E-state index is -0.550. The van der Waals surface area contributed by atoms with E-state index in [-0.39, 0.29) is 5.91 Å². The van der Waals surface area contributed by atoms with Crippen molar-refractivity contribution in [2.24, 2.45) is 11.1 Å². The molecule has 1 aliphatic rings. The van der Waals surface area contributed by atoms with Crippen molar-refractivity contribution >= 4 is 5.91 Å². The minimum Gasteiger partial charge on any atom is -0.354 e. The summed E-state index contributed by atoms with van der Waals surface area (Å²) in [7, 11) is 0. The van der Waals surface area contributed by atoms with E-state index in [1.54, 1.807) is 0 Å². The molecule has 1 heterocycles. The standard InChI is InChI=1S/C15H31N3O/c1-14(2,15(3,4)16)13(19)17-9-12-18-10-7-5-6-8-11-18/h5-12,16H2,1-4H3,(H,17,19). The molecule has 1 amide bonds. The molecule has 4 nitrogen and oxygen atoms in total. The van der Waals surface area contributed by atoms with Gasteiger partial charge in [0, 0.05) is 18.6 Å². The van der Waals surface area contributed by atoms with Gasteiger partial charge >= 0.3 is 0 Å². The second-order valence-corrected chi connectivity index (χ2v) is 6.86. The lowest BCUT2D eigenvalue weighted by Crippen LogP contribution is -2.56. The van der Waals surface area contributed by atoms with Gasteiger partial charge in [-0.2, -0.15) is 0 Å². The van der Waals surface area contributed by atoms with Crippen molar-refractivity contribution in [1.29, 1.82) is 0 Å². The van der Waals surface area contributed by atoms with E-state index in [1.165, 1.54) is 38.8 Å². The molecule has 1 saturated heterocycles. The average Bonchev–Trinajstić information content (AvgIpc) is 2.56. The van der Waals surface area contributed by atoms with Gasteiger partial charge in [0.05, 0.1) is 5.41 Å².